The maximum absolute atomic E-state index is 12.5. The van der Waals surface area contributed by atoms with Crippen molar-refractivity contribution >= 4 is 27.5 Å². The molecule has 3 heterocycles. The molecule has 1 N–H and O–H groups in total. The van der Waals surface area contributed by atoms with Gasteiger partial charge in [0.25, 0.3) is 5.56 Å². The molecule has 142 valence electrons. The van der Waals surface area contributed by atoms with Gasteiger partial charge in [0.05, 0.1) is 18.5 Å². The van der Waals surface area contributed by atoms with Crippen LogP contribution in [0.15, 0.2) is 4.79 Å². The Labute approximate surface area is 156 Å². The molecule has 0 bridgehead atoms. The number of aromatic amines is 1. The zero-order chi connectivity index (χ0) is 18.7. The number of H-pyrrole nitrogens is 1. The lowest BCUT2D eigenvalue weighted by atomic mass is 10.0. The fraction of sp³-hybridized carbons (Fsp3) is 0.611. The van der Waals surface area contributed by atoms with Gasteiger partial charge in [-0.3, -0.25) is 9.69 Å². The third-order valence-electron chi connectivity index (χ3n) is 4.67. The number of aromatic nitrogens is 2. The Morgan fingerprint density at radius 3 is 2.96 bits per heavy atom. The molecule has 7 nitrogen and oxygen atoms in total. The first-order chi connectivity index (χ1) is 12.5. The van der Waals surface area contributed by atoms with Crippen molar-refractivity contribution in [2.24, 2.45) is 5.92 Å². The van der Waals surface area contributed by atoms with E-state index < -0.39 is 5.97 Å². The number of esters is 1. The Kier molecular flexibility index (Phi) is 6.05. The summed E-state index contributed by atoms with van der Waals surface area (Å²) >= 11 is 1.22. The number of nitrogens with one attached hydrogen (secondary N) is 1. The zero-order valence-corrected chi connectivity index (χ0v) is 16.3. The van der Waals surface area contributed by atoms with E-state index in [1.807, 2.05) is 0 Å². The summed E-state index contributed by atoms with van der Waals surface area (Å²) in [5, 5.41) is 0.476. The largest absolute Gasteiger partial charge is 0.459 e. The number of aryl methyl sites for hydroxylation is 1. The average Bonchev–Trinajstić information content (AvgIpc) is 2.92. The fourth-order valence-corrected chi connectivity index (χ4v) is 4.48. The van der Waals surface area contributed by atoms with Crippen LogP contribution in [0.2, 0.25) is 0 Å². The Bertz CT molecular complexity index is 845. The number of methoxy groups -OCH3 is 1. The number of thiophene rings is 1. The second kappa shape index (κ2) is 8.28. The second-order valence-corrected chi connectivity index (χ2v) is 7.86. The Morgan fingerprint density at radius 2 is 2.23 bits per heavy atom. The standard InChI is InChI=1S/C18H25N3O4S/c1-11-5-4-6-21(9-11)10-13-19-16(22)14-12(2)15(26-17(14)20-13)18(23)25-8-7-24-3/h11H,4-10H2,1-3H3,(H,19,20,22)/t11-/m1/s1. The minimum atomic E-state index is -0.437. The summed E-state index contributed by atoms with van der Waals surface area (Å²) in [6, 6.07) is 0. The van der Waals surface area contributed by atoms with E-state index in [0.717, 1.165) is 13.1 Å². The van der Waals surface area contributed by atoms with Gasteiger partial charge in [-0.15, -0.1) is 11.3 Å². The summed E-state index contributed by atoms with van der Waals surface area (Å²) in [6.45, 7) is 7.19. The SMILES string of the molecule is COCCOC(=O)c1sc2nc(CN3CCC[C@@H](C)C3)[nH]c(=O)c2c1C. The molecule has 0 amide bonds. The number of rotatable bonds is 6. The molecule has 2 aromatic heterocycles. The highest BCUT2D eigenvalue weighted by atomic mass is 32.1. The molecule has 0 radical (unpaired) electrons. The molecule has 0 aromatic carbocycles. The van der Waals surface area contributed by atoms with Crippen LogP contribution in [0.4, 0.5) is 0 Å². The van der Waals surface area contributed by atoms with Gasteiger partial charge in [-0.05, 0) is 37.8 Å². The minimum Gasteiger partial charge on any atom is -0.459 e. The van der Waals surface area contributed by atoms with Gasteiger partial charge in [0.15, 0.2) is 0 Å². The van der Waals surface area contributed by atoms with Gasteiger partial charge in [0.1, 0.15) is 22.1 Å². The molecule has 1 fully saturated rings. The summed E-state index contributed by atoms with van der Waals surface area (Å²) in [7, 11) is 1.55. The van der Waals surface area contributed by atoms with Crippen molar-refractivity contribution in [3.8, 4) is 0 Å². The van der Waals surface area contributed by atoms with Crippen LogP contribution < -0.4 is 5.56 Å². The summed E-state index contributed by atoms with van der Waals surface area (Å²) < 4.78 is 10.1. The molecule has 1 atom stereocenters. The first-order valence-electron chi connectivity index (χ1n) is 8.90. The van der Waals surface area contributed by atoms with Crippen LogP contribution in [-0.4, -0.2) is 54.3 Å². The molecule has 1 aliphatic heterocycles. The quantitative estimate of drug-likeness (QED) is 0.613. The van der Waals surface area contributed by atoms with Gasteiger partial charge in [0.2, 0.25) is 0 Å². The molecule has 3 rings (SSSR count). The molecule has 0 saturated carbocycles. The molecule has 8 heteroatoms. The van der Waals surface area contributed by atoms with E-state index in [1.54, 1.807) is 14.0 Å². The summed E-state index contributed by atoms with van der Waals surface area (Å²) in [6.07, 6.45) is 2.42. The number of piperidine rings is 1. The lowest BCUT2D eigenvalue weighted by Gasteiger charge is -2.30. The average molecular weight is 379 g/mol. The number of carbonyl (C=O) groups excluding carboxylic acids is 1. The van der Waals surface area contributed by atoms with Gasteiger partial charge in [-0.1, -0.05) is 6.92 Å². The molecule has 26 heavy (non-hydrogen) atoms. The highest BCUT2D eigenvalue weighted by Gasteiger charge is 2.22. The van der Waals surface area contributed by atoms with Crippen molar-refractivity contribution in [1.29, 1.82) is 0 Å². The topological polar surface area (TPSA) is 84.5 Å². The summed E-state index contributed by atoms with van der Waals surface area (Å²) in [5.74, 6) is 0.877. The van der Waals surface area contributed by atoms with E-state index in [9.17, 15) is 9.59 Å². The van der Waals surface area contributed by atoms with Gasteiger partial charge in [-0.2, -0.15) is 0 Å². The van der Waals surface area contributed by atoms with Crippen LogP contribution >= 0.6 is 11.3 Å². The molecule has 1 aliphatic rings. The number of ether oxygens (including phenoxy) is 2. The predicted octanol–water partition coefficient (Wildman–Crippen LogP) is 2.33. The highest BCUT2D eigenvalue weighted by molar-refractivity contribution is 7.20. The van der Waals surface area contributed by atoms with Gasteiger partial charge < -0.3 is 14.5 Å². The minimum absolute atomic E-state index is 0.186. The first-order valence-corrected chi connectivity index (χ1v) is 9.72. The van der Waals surface area contributed by atoms with E-state index in [2.05, 4.69) is 21.8 Å². The maximum atomic E-state index is 12.5. The van der Waals surface area contributed by atoms with Crippen molar-refractivity contribution in [1.82, 2.24) is 14.9 Å². The smallest absolute Gasteiger partial charge is 0.348 e. The highest BCUT2D eigenvalue weighted by Crippen LogP contribution is 2.28. The summed E-state index contributed by atoms with van der Waals surface area (Å²) in [5.41, 5.74) is 0.430. The van der Waals surface area contributed by atoms with Crippen LogP contribution in [-0.2, 0) is 16.0 Å². The monoisotopic (exact) mass is 379 g/mol. The van der Waals surface area contributed by atoms with Crippen molar-refractivity contribution < 1.29 is 14.3 Å². The molecule has 2 aromatic rings. The second-order valence-electron chi connectivity index (χ2n) is 6.86. The molecular formula is C18H25N3O4S. The summed E-state index contributed by atoms with van der Waals surface area (Å²) in [4.78, 5) is 35.6. The van der Waals surface area contributed by atoms with Crippen molar-refractivity contribution in [2.75, 3.05) is 33.4 Å². The number of carbonyl (C=O) groups is 1. The van der Waals surface area contributed by atoms with Gasteiger partial charge >= 0.3 is 5.97 Å². The van der Waals surface area contributed by atoms with Gasteiger partial charge in [0, 0.05) is 13.7 Å². The number of hydrogen-bond donors (Lipinski definition) is 1. The van der Waals surface area contributed by atoms with E-state index in [0.29, 0.717) is 45.6 Å². The normalized spacial score (nSPS) is 18.3. The number of likely N-dealkylation sites (tertiary alicyclic amines) is 1. The van der Waals surface area contributed by atoms with Crippen LogP contribution in [0, 0.1) is 12.8 Å². The van der Waals surface area contributed by atoms with Crippen LogP contribution in [0.25, 0.3) is 10.2 Å². The van der Waals surface area contributed by atoms with Crippen molar-refractivity contribution in [2.45, 2.75) is 33.2 Å². The van der Waals surface area contributed by atoms with Crippen LogP contribution in [0.3, 0.4) is 0 Å². The third kappa shape index (κ3) is 4.13. The van der Waals surface area contributed by atoms with Gasteiger partial charge in [-0.25, -0.2) is 9.78 Å². The predicted molar refractivity (Wildman–Crippen MR) is 101 cm³/mol. The zero-order valence-electron chi connectivity index (χ0n) is 15.5. The Hall–Kier alpha value is -1.77. The first kappa shape index (κ1) is 19.0. The van der Waals surface area contributed by atoms with Crippen molar-refractivity contribution in [3.63, 3.8) is 0 Å². The number of nitrogens with zero attached hydrogens (tertiary/aromatic N) is 2. The Morgan fingerprint density at radius 1 is 1.42 bits per heavy atom. The molecule has 0 aliphatic carbocycles. The molecule has 0 spiro atoms. The lowest BCUT2D eigenvalue weighted by Crippen LogP contribution is -2.34. The lowest BCUT2D eigenvalue weighted by molar-refractivity contribution is 0.0393. The van der Waals surface area contributed by atoms with E-state index in [1.165, 1.54) is 24.2 Å². The van der Waals surface area contributed by atoms with Crippen molar-refractivity contribution in [3.05, 3.63) is 26.6 Å². The fourth-order valence-electron chi connectivity index (χ4n) is 3.38. The molecule has 1 saturated heterocycles. The maximum Gasteiger partial charge on any atom is 0.348 e. The van der Waals surface area contributed by atoms with E-state index >= 15 is 0 Å². The number of fused-ring (bicyclic) bond motifs is 1. The number of hydrogen-bond acceptors (Lipinski definition) is 7. The van der Waals surface area contributed by atoms with Crippen LogP contribution in [0.5, 0.6) is 0 Å². The molecular weight excluding hydrogens is 354 g/mol. The third-order valence-corrected chi connectivity index (χ3v) is 5.84. The molecule has 0 unspecified atom stereocenters. The Balaban J connectivity index is 1.84. The van der Waals surface area contributed by atoms with E-state index in [4.69, 9.17) is 9.47 Å². The van der Waals surface area contributed by atoms with Crippen LogP contribution in [0.1, 0.15) is 40.8 Å². The van der Waals surface area contributed by atoms with E-state index in [-0.39, 0.29) is 12.2 Å².